The molecule has 3 rings (SSSR count). The van der Waals surface area contributed by atoms with Crippen molar-refractivity contribution in [2.75, 3.05) is 19.0 Å². The Hall–Kier alpha value is -3.33. The lowest BCUT2D eigenvalue weighted by atomic mass is 10.2. The third kappa shape index (κ3) is 4.45. The number of aryl methyl sites for hydroxylation is 1. The first-order valence-corrected chi connectivity index (χ1v) is 8.85. The fourth-order valence-electron chi connectivity index (χ4n) is 2.34. The number of aromatic amines is 1. The fourth-order valence-corrected chi connectivity index (χ4v) is 3.08. The molecule has 3 aromatic rings. The van der Waals surface area contributed by atoms with Crippen molar-refractivity contribution in [2.45, 2.75) is 6.92 Å². The molecule has 4 N–H and O–H groups in total. The Morgan fingerprint density at radius 3 is 2.81 bits per heavy atom. The molecule has 0 radical (unpaired) electrons. The van der Waals surface area contributed by atoms with Gasteiger partial charge in [-0.2, -0.15) is 0 Å². The van der Waals surface area contributed by atoms with Crippen LogP contribution in [0.1, 0.15) is 16.1 Å². The van der Waals surface area contributed by atoms with Crippen LogP contribution in [0.25, 0.3) is 11.3 Å². The smallest absolute Gasteiger partial charge is 0.265 e. The molecule has 2 aromatic heterocycles. The van der Waals surface area contributed by atoms with E-state index in [0.29, 0.717) is 33.6 Å². The summed E-state index contributed by atoms with van der Waals surface area (Å²) in [6.07, 6.45) is 1.63. The predicted octanol–water partition coefficient (Wildman–Crippen LogP) is 2.57. The number of hydrogen-bond donors (Lipinski definition) is 3. The van der Waals surface area contributed by atoms with E-state index in [1.165, 1.54) is 11.3 Å². The summed E-state index contributed by atoms with van der Waals surface area (Å²) in [5, 5.41) is 4.88. The van der Waals surface area contributed by atoms with Crippen LogP contribution in [-0.4, -0.2) is 35.5 Å². The maximum atomic E-state index is 12.1. The van der Waals surface area contributed by atoms with E-state index in [1.54, 1.807) is 30.8 Å². The summed E-state index contributed by atoms with van der Waals surface area (Å²) in [6.45, 7) is 1.76. The topological polar surface area (TPSA) is 119 Å². The lowest BCUT2D eigenvalue weighted by Crippen LogP contribution is -2.20. The predicted molar refractivity (Wildman–Crippen MR) is 102 cm³/mol. The number of H-pyrrole nitrogens is 1. The summed E-state index contributed by atoms with van der Waals surface area (Å²) in [5.41, 5.74) is 7.88. The minimum Gasteiger partial charge on any atom is -0.493 e. The number of carbonyl (C=O) groups excluding carboxylic acids is 2. The zero-order valence-electron chi connectivity index (χ0n) is 14.7. The third-order valence-electron chi connectivity index (χ3n) is 3.67. The van der Waals surface area contributed by atoms with E-state index >= 15 is 0 Å². The molecular formula is C18H18N4O4S. The van der Waals surface area contributed by atoms with E-state index in [2.05, 4.69) is 15.3 Å². The molecule has 1 aromatic carbocycles. The maximum Gasteiger partial charge on any atom is 0.265 e. The molecule has 0 bridgehead atoms. The molecule has 0 saturated heterocycles. The van der Waals surface area contributed by atoms with E-state index < -0.39 is 5.91 Å². The van der Waals surface area contributed by atoms with Gasteiger partial charge in [0, 0.05) is 17.1 Å². The van der Waals surface area contributed by atoms with E-state index in [9.17, 15) is 9.59 Å². The number of thiazole rings is 1. The number of rotatable bonds is 7. The number of carbonyl (C=O) groups is 2. The number of methoxy groups -OCH3 is 1. The number of benzene rings is 1. The van der Waals surface area contributed by atoms with Gasteiger partial charge >= 0.3 is 0 Å². The van der Waals surface area contributed by atoms with Gasteiger partial charge in [-0.05, 0) is 30.7 Å². The van der Waals surface area contributed by atoms with Gasteiger partial charge in [0.05, 0.1) is 12.8 Å². The van der Waals surface area contributed by atoms with Crippen LogP contribution in [0.3, 0.4) is 0 Å². The van der Waals surface area contributed by atoms with Crippen LogP contribution in [0.15, 0.2) is 35.8 Å². The Labute approximate surface area is 159 Å². The highest BCUT2D eigenvalue weighted by molar-refractivity contribution is 7.14. The molecule has 0 spiro atoms. The molecule has 0 aliphatic heterocycles. The molecule has 27 heavy (non-hydrogen) atoms. The second kappa shape index (κ2) is 7.92. The van der Waals surface area contributed by atoms with Crippen molar-refractivity contribution in [1.29, 1.82) is 0 Å². The number of anilines is 1. The summed E-state index contributed by atoms with van der Waals surface area (Å²) < 4.78 is 10.8. The third-order valence-corrected chi connectivity index (χ3v) is 4.43. The molecule has 140 valence electrons. The standard InChI is InChI=1S/C18H18N4O4S/c1-10-3-4-14(15(5-10)25-2)26-8-16(23)22-18-21-13(9-27-18)11-6-12(17(19)24)20-7-11/h3-7,9,20H,8H2,1-2H3,(H2,19,24)(H,21,22,23). The first-order chi connectivity index (χ1) is 13.0. The van der Waals surface area contributed by atoms with Crippen molar-refractivity contribution < 1.29 is 19.1 Å². The zero-order chi connectivity index (χ0) is 19.4. The number of amides is 2. The van der Waals surface area contributed by atoms with Crippen LogP contribution in [0.2, 0.25) is 0 Å². The molecule has 0 saturated carbocycles. The van der Waals surface area contributed by atoms with Crippen molar-refractivity contribution in [1.82, 2.24) is 9.97 Å². The van der Waals surface area contributed by atoms with E-state index in [1.807, 2.05) is 19.1 Å². The van der Waals surface area contributed by atoms with Crippen LogP contribution < -0.4 is 20.5 Å². The first-order valence-electron chi connectivity index (χ1n) is 7.97. The maximum absolute atomic E-state index is 12.1. The second-order valence-corrected chi connectivity index (χ2v) is 6.55. The number of hydrogen-bond acceptors (Lipinski definition) is 6. The van der Waals surface area contributed by atoms with Gasteiger partial charge in [-0.15, -0.1) is 11.3 Å². The number of aromatic nitrogens is 2. The van der Waals surface area contributed by atoms with Crippen LogP contribution in [0.4, 0.5) is 5.13 Å². The van der Waals surface area contributed by atoms with Gasteiger partial charge in [-0.1, -0.05) is 6.07 Å². The van der Waals surface area contributed by atoms with Crippen molar-refractivity contribution in [3.05, 3.63) is 47.1 Å². The highest BCUT2D eigenvalue weighted by Gasteiger charge is 2.12. The lowest BCUT2D eigenvalue weighted by Gasteiger charge is -2.10. The van der Waals surface area contributed by atoms with Gasteiger partial charge in [0.1, 0.15) is 5.69 Å². The molecule has 0 fully saturated rings. The summed E-state index contributed by atoms with van der Waals surface area (Å²) in [7, 11) is 1.55. The van der Waals surface area contributed by atoms with E-state index in [4.69, 9.17) is 15.2 Å². The molecular weight excluding hydrogens is 368 g/mol. The molecule has 2 heterocycles. The van der Waals surface area contributed by atoms with Crippen molar-refractivity contribution in [3.8, 4) is 22.8 Å². The highest BCUT2D eigenvalue weighted by atomic mass is 32.1. The molecule has 0 unspecified atom stereocenters. The normalized spacial score (nSPS) is 10.4. The Morgan fingerprint density at radius 1 is 1.30 bits per heavy atom. The van der Waals surface area contributed by atoms with Crippen molar-refractivity contribution in [3.63, 3.8) is 0 Å². The Kier molecular flexibility index (Phi) is 5.41. The van der Waals surface area contributed by atoms with Crippen molar-refractivity contribution >= 4 is 28.3 Å². The van der Waals surface area contributed by atoms with Gasteiger partial charge in [0.15, 0.2) is 23.2 Å². The number of nitrogens with one attached hydrogen (secondary N) is 2. The average Bonchev–Trinajstić information content (AvgIpc) is 3.29. The van der Waals surface area contributed by atoms with Gasteiger partial charge in [0.25, 0.3) is 11.8 Å². The average molecular weight is 386 g/mol. The Bertz CT molecular complexity index is 979. The molecule has 0 aliphatic rings. The van der Waals surface area contributed by atoms with Gasteiger partial charge < -0.3 is 20.2 Å². The van der Waals surface area contributed by atoms with Gasteiger partial charge in [-0.25, -0.2) is 4.98 Å². The van der Waals surface area contributed by atoms with Crippen LogP contribution in [-0.2, 0) is 4.79 Å². The minimum atomic E-state index is -0.548. The zero-order valence-corrected chi connectivity index (χ0v) is 15.6. The monoisotopic (exact) mass is 386 g/mol. The summed E-state index contributed by atoms with van der Waals surface area (Å²) >= 11 is 1.27. The molecule has 8 nitrogen and oxygen atoms in total. The lowest BCUT2D eigenvalue weighted by molar-refractivity contribution is -0.118. The van der Waals surface area contributed by atoms with Gasteiger partial charge in [0.2, 0.25) is 0 Å². The summed E-state index contributed by atoms with van der Waals surface area (Å²) in [5.74, 6) is 0.167. The highest BCUT2D eigenvalue weighted by Crippen LogP contribution is 2.28. The van der Waals surface area contributed by atoms with E-state index in [-0.39, 0.29) is 12.5 Å². The SMILES string of the molecule is COc1cc(C)ccc1OCC(=O)Nc1nc(-c2c[nH]c(C(N)=O)c2)cs1. The van der Waals surface area contributed by atoms with Crippen LogP contribution >= 0.6 is 11.3 Å². The van der Waals surface area contributed by atoms with Crippen LogP contribution in [0, 0.1) is 6.92 Å². The quantitative estimate of drug-likeness (QED) is 0.576. The number of nitrogens with two attached hydrogens (primary N) is 1. The van der Waals surface area contributed by atoms with Gasteiger partial charge in [-0.3, -0.25) is 14.9 Å². The first kappa shape index (κ1) is 18.5. The van der Waals surface area contributed by atoms with Crippen LogP contribution in [0.5, 0.6) is 11.5 Å². The molecule has 0 atom stereocenters. The number of ether oxygens (including phenoxy) is 2. The second-order valence-electron chi connectivity index (χ2n) is 5.70. The van der Waals surface area contributed by atoms with Crippen molar-refractivity contribution in [2.24, 2.45) is 5.73 Å². The summed E-state index contributed by atoms with van der Waals surface area (Å²) in [6, 6.07) is 7.07. The summed E-state index contributed by atoms with van der Waals surface area (Å²) in [4.78, 5) is 30.4. The minimum absolute atomic E-state index is 0.176. The Balaban J connectivity index is 1.60. The largest absolute Gasteiger partial charge is 0.493 e. The molecule has 0 aliphatic carbocycles. The number of nitrogens with zero attached hydrogens (tertiary/aromatic N) is 1. The molecule has 9 heteroatoms. The Morgan fingerprint density at radius 2 is 2.11 bits per heavy atom. The molecule has 2 amide bonds. The number of primary amides is 1. The fraction of sp³-hybridized carbons (Fsp3) is 0.167. The van der Waals surface area contributed by atoms with E-state index in [0.717, 1.165) is 5.56 Å².